The largest absolute Gasteiger partial charge is 0.398 e. The van der Waals surface area contributed by atoms with Crippen molar-refractivity contribution in [3.05, 3.63) is 59.8 Å². The van der Waals surface area contributed by atoms with E-state index >= 15 is 0 Å². The SMILES string of the molecule is Nc1cccc2c(Nc3ccccc3Cl)nccc12. The number of fused-ring (bicyclic) bond motifs is 1. The summed E-state index contributed by atoms with van der Waals surface area (Å²) in [4.78, 5) is 4.36. The average molecular weight is 270 g/mol. The molecule has 0 unspecified atom stereocenters. The van der Waals surface area contributed by atoms with Crippen molar-refractivity contribution in [2.24, 2.45) is 0 Å². The Balaban J connectivity index is 2.12. The van der Waals surface area contributed by atoms with Gasteiger partial charge in [-0.1, -0.05) is 35.9 Å². The number of nitrogens with zero attached hydrogens (tertiary/aromatic N) is 1. The quantitative estimate of drug-likeness (QED) is 0.685. The first-order chi connectivity index (χ1) is 9.25. The summed E-state index contributed by atoms with van der Waals surface area (Å²) in [7, 11) is 0. The zero-order valence-electron chi connectivity index (χ0n) is 10.1. The van der Waals surface area contributed by atoms with Crippen molar-refractivity contribution >= 4 is 39.6 Å². The predicted molar refractivity (Wildman–Crippen MR) is 80.9 cm³/mol. The van der Waals surface area contributed by atoms with E-state index in [1.54, 1.807) is 6.20 Å². The lowest BCUT2D eigenvalue weighted by Crippen LogP contribution is -1.96. The zero-order valence-corrected chi connectivity index (χ0v) is 10.9. The number of para-hydroxylation sites is 1. The first kappa shape index (κ1) is 11.8. The molecule has 0 atom stereocenters. The van der Waals surface area contributed by atoms with Crippen LogP contribution in [-0.2, 0) is 0 Å². The van der Waals surface area contributed by atoms with Crippen LogP contribution in [0.25, 0.3) is 10.8 Å². The van der Waals surface area contributed by atoms with Gasteiger partial charge in [0.1, 0.15) is 5.82 Å². The van der Waals surface area contributed by atoms with Gasteiger partial charge in [0.15, 0.2) is 0 Å². The maximum absolute atomic E-state index is 6.14. The van der Waals surface area contributed by atoms with E-state index in [-0.39, 0.29) is 0 Å². The van der Waals surface area contributed by atoms with E-state index in [0.717, 1.165) is 28.0 Å². The fraction of sp³-hybridized carbons (Fsp3) is 0. The third-order valence-corrected chi connectivity index (χ3v) is 3.30. The molecule has 1 aromatic heterocycles. The van der Waals surface area contributed by atoms with Gasteiger partial charge in [0.2, 0.25) is 0 Å². The molecular weight excluding hydrogens is 258 g/mol. The number of rotatable bonds is 2. The Morgan fingerprint density at radius 3 is 2.63 bits per heavy atom. The Morgan fingerprint density at radius 2 is 1.79 bits per heavy atom. The molecule has 0 radical (unpaired) electrons. The van der Waals surface area contributed by atoms with E-state index in [4.69, 9.17) is 17.3 Å². The molecule has 0 aliphatic carbocycles. The van der Waals surface area contributed by atoms with Crippen molar-refractivity contribution < 1.29 is 0 Å². The number of hydrogen-bond acceptors (Lipinski definition) is 3. The second-order valence-corrected chi connectivity index (χ2v) is 4.61. The molecular formula is C15H12ClN3. The van der Waals surface area contributed by atoms with Crippen LogP contribution in [0.2, 0.25) is 5.02 Å². The maximum atomic E-state index is 6.14. The molecule has 3 nitrogen and oxygen atoms in total. The van der Waals surface area contributed by atoms with Gasteiger partial charge in [0.25, 0.3) is 0 Å². The summed E-state index contributed by atoms with van der Waals surface area (Å²) in [6.07, 6.45) is 1.73. The van der Waals surface area contributed by atoms with E-state index in [2.05, 4.69) is 10.3 Å². The van der Waals surface area contributed by atoms with Gasteiger partial charge >= 0.3 is 0 Å². The minimum absolute atomic E-state index is 0.658. The standard InChI is InChI=1S/C15H12ClN3/c16-12-5-1-2-7-14(12)19-15-11-4-3-6-13(17)10(11)8-9-18-15/h1-9H,17H2,(H,18,19). The second kappa shape index (κ2) is 4.78. The van der Waals surface area contributed by atoms with Crippen LogP contribution in [-0.4, -0.2) is 4.98 Å². The molecule has 94 valence electrons. The molecule has 3 aromatic rings. The molecule has 19 heavy (non-hydrogen) atoms. The van der Waals surface area contributed by atoms with Crippen LogP contribution in [0.3, 0.4) is 0 Å². The molecule has 0 fully saturated rings. The molecule has 3 N–H and O–H groups in total. The summed E-state index contributed by atoms with van der Waals surface area (Å²) in [6.45, 7) is 0. The first-order valence-corrected chi connectivity index (χ1v) is 6.28. The summed E-state index contributed by atoms with van der Waals surface area (Å²) in [6, 6.07) is 15.2. The van der Waals surface area contributed by atoms with E-state index in [0.29, 0.717) is 5.02 Å². The number of nitrogen functional groups attached to an aromatic ring is 1. The molecule has 0 saturated heterocycles. The molecule has 0 amide bonds. The summed E-state index contributed by atoms with van der Waals surface area (Å²) < 4.78 is 0. The molecule has 0 spiro atoms. The van der Waals surface area contributed by atoms with Crippen LogP contribution in [0.4, 0.5) is 17.2 Å². The number of hydrogen-bond donors (Lipinski definition) is 2. The van der Waals surface area contributed by atoms with Crippen molar-refractivity contribution in [3.8, 4) is 0 Å². The number of anilines is 3. The lowest BCUT2D eigenvalue weighted by atomic mass is 10.1. The van der Waals surface area contributed by atoms with Gasteiger partial charge < -0.3 is 11.1 Å². The van der Waals surface area contributed by atoms with Crippen LogP contribution in [0, 0.1) is 0 Å². The maximum Gasteiger partial charge on any atom is 0.138 e. The highest BCUT2D eigenvalue weighted by molar-refractivity contribution is 6.33. The monoisotopic (exact) mass is 269 g/mol. The van der Waals surface area contributed by atoms with Gasteiger partial charge in [-0.05, 0) is 24.3 Å². The number of aromatic nitrogens is 1. The molecule has 0 aliphatic heterocycles. The van der Waals surface area contributed by atoms with Crippen LogP contribution in [0.15, 0.2) is 54.7 Å². The zero-order chi connectivity index (χ0) is 13.2. The Bertz CT molecular complexity index is 740. The highest BCUT2D eigenvalue weighted by atomic mass is 35.5. The Kier molecular flexibility index (Phi) is 2.97. The molecule has 1 heterocycles. The first-order valence-electron chi connectivity index (χ1n) is 5.90. The predicted octanol–water partition coefficient (Wildman–Crippen LogP) is 4.21. The highest BCUT2D eigenvalue weighted by Gasteiger charge is 2.06. The van der Waals surface area contributed by atoms with Gasteiger partial charge in [-0.3, -0.25) is 0 Å². The van der Waals surface area contributed by atoms with Crippen molar-refractivity contribution in [1.29, 1.82) is 0 Å². The molecule has 3 rings (SSSR count). The minimum atomic E-state index is 0.658. The fourth-order valence-electron chi connectivity index (χ4n) is 2.02. The summed E-state index contributed by atoms with van der Waals surface area (Å²) in [5.74, 6) is 0.748. The number of benzene rings is 2. The topological polar surface area (TPSA) is 50.9 Å². The van der Waals surface area contributed by atoms with Crippen LogP contribution < -0.4 is 11.1 Å². The molecule has 4 heteroatoms. The van der Waals surface area contributed by atoms with Crippen LogP contribution >= 0.6 is 11.6 Å². The van der Waals surface area contributed by atoms with Gasteiger partial charge in [0, 0.05) is 22.7 Å². The molecule has 0 saturated carbocycles. The van der Waals surface area contributed by atoms with E-state index in [1.807, 2.05) is 48.5 Å². The molecule has 0 aliphatic rings. The average Bonchev–Trinajstić information content (AvgIpc) is 2.42. The number of nitrogens with one attached hydrogen (secondary N) is 1. The van der Waals surface area contributed by atoms with Crippen LogP contribution in [0.1, 0.15) is 0 Å². The normalized spacial score (nSPS) is 10.6. The number of nitrogens with two attached hydrogens (primary N) is 1. The summed E-state index contributed by atoms with van der Waals surface area (Å²) >= 11 is 6.14. The Morgan fingerprint density at radius 1 is 0.947 bits per heavy atom. The third kappa shape index (κ3) is 2.20. The van der Waals surface area contributed by atoms with Gasteiger partial charge in [-0.25, -0.2) is 4.98 Å². The van der Waals surface area contributed by atoms with Crippen molar-refractivity contribution in [3.63, 3.8) is 0 Å². The van der Waals surface area contributed by atoms with E-state index in [9.17, 15) is 0 Å². The van der Waals surface area contributed by atoms with Crippen molar-refractivity contribution in [1.82, 2.24) is 4.98 Å². The van der Waals surface area contributed by atoms with Crippen molar-refractivity contribution in [2.75, 3.05) is 11.1 Å². The van der Waals surface area contributed by atoms with Gasteiger partial charge in [-0.15, -0.1) is 0 Å². The van der Waals surface area contributed by atoms with Crippen LogP contribution in [0.5, 0.6) is 0 Å². The lowest BCUT2D eigenvalue weighted by molar-refractivity contribution is 1.34. The van der Waals surface area contributed by atoms with Crippen molar-refractivity contribution in [2.45, 2.75) is 0 Å². The molecule has 2 aromatic carbocycles. The number of pyridine rings is 1. The second-order valence-electron chi connectivity index (χ2n) is 4.21. The van der Waals surface area contributed by atoms with E-state index in [1.165, 1.54) is 0 Å². The highest BCUT2D eigenvalue weighted by Crippen LogP contribution is 2.30. The fourth-order valence-corrected chi connectivity index (χ4v) is 2.20. The summed E-state index contributed by atoms with van der Waals surface area (Å²) in [5, 5.41) is 5.85. The lowest BCUT2D eigenvalue weighted by Gasteiger charge is -2.10. The van der Waals surface area contributed by atoms with E-state index < -0.39 is 0 Å². The smallest absolute Gasteiger partial charge is 0.138 e. The number of halogens is 1. The summed E-state index contributed by atoms with van der Waals surface area (Å²) in [5.41, 5.74) is 7.53. The molecule has 0 bridgehead atoms. The van der Waals surface area contributed by atoms with Gasteiger partial charge in [0.05, 0.1) is 10.7 Å². The third-order valence-electron chi connectivity index (χ3n) is 2.97. The Labute approximate surface area is 116 Å². The van der Waals surface area contributed by atoms with Gasteiger partial charge in [-0.2, -0.15) is 0 Å². The Hall–Kier alpha value is -2.26. The minimum Gasteiger partial charge on any atom is -0.398 e.